The number of aliphatic hydroxyl groups is 2. The molecule has 1 fully saturated rings. The highest BCUT2D eigenvalue weighted by Crippen LogP contribution is 2.27. The Bertz CT molecular complexity index is 1890. The summed E-state index contributed by atoms with van der Waals surface area (Å²) in [6.45, 7) is 5.78. The second-order valence-electron chi connectivity index (χ2n) is 22.7. The fourth-order valence-corrected chi connectivity index (χ4v) is 9.74. The highest BCUT2D eigenvalue weighted by molar-refractivity contribution is 5.74. The van der Waals surface area contributed by atoms with Gasteiger partial charge in [-0.25, -0.2) is 4.79 Å². The first kappa shape index (κ1) is 78.4. The summed E-state index contributed by atoms with van der Waals surface area (Å²) in [5, 5.41) is 31.6. The summed E-state index contributed by atoms with van der Waals surface area (Å²) in [5.74, 6) is -3.17. The van der Waals surface area contributed by atoms with Crippen LogP contribution in [0.5, 0.6) is 0 Å². The lowest BCUT2D eigenvalue weighted by Gasteiger charge is -2.40. The van der Waals surface area contributed by atoms with E-state index in [1.807, 2.05) is 0 Å². The van der Waals surface area contributed by atoms with Gasteiger partial charge in [0, 0.05) is 19.3 Å². The first-order valence-corrected chi connectivity index (χ1v) is 33.9. The van der Waals surface area contributed by atoms with E-state index in [1.165, 1.54) is 83.5 Å². The molecule has 0 aromatic heterocycles. The molecule has 12 heteroatoms. The van der Waals surface area contributed by atoms with Crippen molar-refractivity contribution in [1.29, 1.82) is 0 Å². The molecule has 3 N–H and O–H groups in total. The van der Waals surface area contributed by atoms with Gasteiger partial charge in [-0.05, 0) is 103 Å². The third kappa shape index (κ3) is 49.1. The number of carboxylic acid groups (broad SMARTS) is 1. The average Bonchev–Trinajstić information content (AvgIpc) is 2.79. The van der Waals surface area contributed by atoms with Crippen molar-refractivity contribution in [1.82, 2.24) is 0 Å². The second kappa shape index (κ2) is 59.7. The number of ether oxygens (including phenoxy) is 5. The molecule has 0 aromatic rings. The van der Waals surface area contributed by atoms with Gasteiger partial charge in [-0.3, -0.25) is 14.4 Å². The lowest BCUT2D eigenvalue weighted by molar-refractivity contribution is -0.301. The van der Waals surface area contributed by atoms with Crippen LogP contribution >= 0.6 is 0 Å². The van der Waals surface area contributed by atoms with Gasteiger partial charge >= 0.3 is 23.9 Å². The molecule has 6 unspecified atom stereocenters. The summed E-state index contributed by atoms with van der Waals surface area (Å²) in [5.41, 5.74) is 0. The topological polar surface area (TPSA) is 175 Å². The number of unbranched alkanes of at least 4 members (excludes halogenated alkanes) is 25. The highest BCUT2D eigenvalue weighted by Gasteiger charge is 2.50. The van der Waals surface area contributed by atoms with Crippen LogP contribution in [0.2, 0.25) is 0 Å². The molecule has 0 aliphatic carbocycles. The molecule has 0 amide bonds. The molecular formula is C73H120O12. The molecule has 6 atom stereocenters. The predicted molar refractivity (Wildman–Crippen MR) is 349 cm³/mol. The minimum absolute atomic E-state index is 0.0162. The summed E-state index contributed by atoms with van der Waals surface area (Å²) in [4.78, 5) is 51.4. The fourth-order valence-electron chi connectivity index (χ4n) is 9.74. The summed E-state index contributed by atoms with van der Waals surface area (Å²) in [7, 11) is 0. The number of aliphatic carboxylic acids is 1. The van der Waals surface area contributed by atoms with Crippen LogP contribution < -0.4 is 0 Å². The molecule has 0 saturated carbocycles. The first-order valence-electron chi connectivity index (χ1n) is 33.9. The number of carbonyl (C=O) groups is 4. The average molecular weight is 1190 g/mol. The molecular weight excluding hydrogens is 1070 g/mol. The predicted octanol–water partition coefficient (Wildman–Crippen LogP) is 18.6. The summed E-state index contributed by atoms with van der Waals surface area (Å²) >= 11 is 0. The molecule has 12 nitrogen and oxygen atoms in total. The third-order valence-corrected chi connectivity index (χ3v) is 14.8. The zero-order valence-corrected chi connectivity index (χ0v) is 53.6. The molecule has 1 aliphatic rings. The van der Waals surface area contributed by atoms with Gasteiger partial charge in [-0.2, -0.15) is 0 Å². The molecule has 1 heterocycles. The lowest BCUT2D eigenvalue weighted by atomic mass is 9.98. The minimum Gasteiger partial charge on any atom is -0.479 e. The quantitative estimate of drug-likeness (QED) is 0.0228. The highest BCUT2D eigenvalue weighted by atomic mass is 16.7. The van der Waals surface area contributed by atoms with Crippen LogP contribution in [0.4, 0.5) is 0 Å². The maximum atomic E-state index is 13.2. The molecule has 0 radical (unpaired) electrons. The van der Waals surface area contributed by atoms with Crippen molar-refractivity contribution in [2.45, 2.75) is 314 Å². The van der Waals surface area contributed by atoms with Gasteiger partial charge in [0.1, 0.15) is 18.8 Å². The molecule has 0 bridgehead atoms. The van der Waals surface area contributed by atoms with E-state index in [2.05, 4.69) is 130 Å². The number of hydrogen-bond donors (Lipinski definition) is 3. The Morgan fingerprint density at radius 2 is 0.741 bits per heavy atom. The van der Waals surface area contributed by atoms with Gasteiger partial charge in [-0.15, -0.1) is 0 Å². The van der Waals surface area contributed by atoms with Crippen molar-refractivity contribution in [3.63, 3.8) is 0 Å². The Morgan fingerprint density at radius 3 is 1.14 bits per heavy atom. The normalized spacial score (nSPS) is 18.2. The molecule has 1 rings (SSSR count). The van der Waals surface area contributed by atoms with Crippen molar-refractivity contribution in [2.24, 2.45) is 0 Å². The number of hydrogen-bond acceptors (Lipinski definition) is 11. The number of esters is 3. The number of carboxylic acids is 1. The smallest absolute Gasteiger partial charge is 0.335 e. The Kier molecular flexibility index (Phi) is 55.1. The largest absolute Gasteiger partial charge is 0.479 e. The Morgan fingerprint density at radius 1 is 0.400 bits per heavy atom. The van der Waals surface area contributed by atoms with E-state index in [1.54, 1.807) is 0 Å². The second-order valence-corrected chi connectivity index (χ2v) is 22.7. The molecule has 1 saturated heterocycles. The number of carbonyl (C=O) groups excluding carboxylic acids is 3. The minimum atomic E-state index is -1.92. The molecule has 0 spiro atoms. The van der Waals surface area contributed by atoms with Gasteiger partial charge in [0.25, 0.3) is 0 Å². The van der Waals surface area contributed by atoms with Crippen LogP contribution in [0.1, 0.15) is 278 Å². The van der Waals surface area contributed by atoms with Crippen LogP contribution in [0, 0.1) is 0 Å². The molecule has 484 valence electrons. The number of rotatable bonds is 57. The zero-order valence-electron chi connectivity index (χ0n) is 53.6. The number of allylic oxidation sites excluding steroid dienone is 18. The molecule has 0 aromatic carbocycles. The van der Waals surface area contributed by atoms with Crippen LogP contribution in [-0.2, 0) is 42.9 Å². The standard InChI is InChI=1S/C73H120O12/c1-4-7-10-13-16-19-22-25-28-31-33-36-38-41-44-47-50-53-56-59-65(74)81-62-64(83-66(75)60-57-54-51-48-45-42-39-35-30-27-24-21-18-15-12-9-6-3)63-82-73-71(69(78)68(77)70(85-73)72(79)80)84-67(76)61-58-55-52-49-46-43-40-37-34-32-29-26-23-20-17-14-11-8-5-2/h7-8,10-11,16-17,19-20,25-26,28-29,33-34,36-37,43,46,64,68-71,73,77-78H,4-6,9,12-15,18,21-24,27,30-32,35,38-42,44-45,47-63H2,1-3H3,(H,79,80)/b10-7-,11-8-,19-16-,20-17-,28-25-,29-26-,36-33-,37-34-,46-43-. The molecule has 1 aliphatic heterocycles. The van der Waals surface area contributed by atoms with Crippen LogP contribution in [0.15, 0.2) is 109 Å². The van der Waals surface area contributed by atoms with Crippen molar-refractivity contribution >= 4 is 23.9 Å². The maximum Gasteiger partial charge on any atom is 0.335 e. The Balaban J connectivity index is 2.68. The monoisotopic (exact) mass is 1190 g/mol. The number of aliphatic hydroxyl groups excluding tert-OH is 2. The lowest BCUT2D eigenvalue weighted by Crippen LogP contribution is -2.61. The van der Waals surface area contributed by atoms with Crippen molar-refractivity contribution < 1.29 is 58.2 Å². The maximum absolute atomic E-state index is 13.2. The fraction of sp³-hybridized carbons (Fsp3) is 0.699. The van der Waals surface area contributed by atoms with Gasteiger partial charge in [0.15, 0.2) is 24.6 Å². The summed E-state index contributed by atoms with van der Waals surface area (Å²) in [6, 6.07) is 0. The van der Waals surface area contributed by atoms with E-state index in [9.17, 15) is 34.5 Å². The summed E-state index contributed by atoms with van der Waals surface area (Å²) in [6.07, 6.45) is 68.9. The van der Waals surface area contributed by atoms with Crippen molar-refractivity contribution in [3.05, 3.63) is 109 Å². The molecule has 85 heavy (non-hydrogen) atoms. The SMILES string of the molecule is CC/C=C\C/C=C\C/C=C\C/C=C\C/C=C\CCCCCC(=O)OC1C(OCC(COC(=O)CCCCCCCC/C=C\C/C=C\C/C=C\C/C=C\CC)OC(=O)CCCCCCCCCCCCCCCCCCC)OC(C(=O)O)C(O)C1O. The van der Waals surface area contributed by atoms with E-state index >= 15 is 0 Å². The van der Waals surface area contributed by atoms with E-state index < -0.39 is 67.3 Å². The van der Waals surface area contributed by atoms with Crippen LogP contribution in [0.25, 0.3) is 0 Å². The van der Waals surface area contributed by atoms with Crippen LogP contribution in [0.3, 0.4) is 0 Å². The Labute approximate surface area is 516 Å². The summed E-state index contributed by atoms with van der Waals surface area (Å²) < 4.78 is 28.5. The Hall–Kier alpha value is -4.62. The van der Waals surface area contributed by atoms with Gasteiger partial charge < -0.3 is 39.0 Å². The van der Waals surface area contributed by atoms with E-state index in [4.69, 9.17) is 23.7 Å². The van der Waals surface area contributed by atoms with Crippen LogP contribution in [-0.4, -0.2) is 89.2 Å². The van der Waals surface area contributed by atoms with Crippen molar-refractivity contribution in [2.75, 3.05) is 13.2 Å². The van der Waals surface area contributed by atoms with Gasteiger partial charge in [-0.1, -0.05) is 265 Å². The zero-order chi connectivity index (χ0) is 61.7. The van der Waals surface area contributed by atoms with Gasteiger partial charge in [0.05, 0.1) is 6.61 Å². The van der Waals surface area contributed by atoms with Crippen molar-refractivity contribution in [3.8, 4) is 0 Å². The third-order valence-electron chi connectivity index (χ3n) is 14.8. The van der Waals surface area contributed by atoms with Gasteiger partial charge in [0.2, 0.25) is 0 Å². The first-order chi connectivity index (χ1) is 41.6. The van der Waals surface area contributed by atoms with E-state index in [-0.39, 0.29) is 25.9 Å². The van der Waals surface area contributed by atoms with E-state index in [0.717, 1.165) is 135 Å². The van der Waals surface area contributed by atoms with E-state index in [0.29, 0.717) is 19.3 Å².